The molecule has 0 amide bonds. The first-order valence-corrected chi connectivity index (χ1v) is 18.7. The molecule has 4 aromatic rings. The molecule has 35 heavy (non-hydrogen) atoms. The number of fused-ring (bicyclic) bond motifs is 1. The van der Waals surface area contributed by atoms with Gasteiger partial charge in [0.05, 0.1) is 0 Å². The summed E-state index contributed by atoms with van der Waals surface area (Å²) in [4.78, 5) is 0. The van der Waals surface area contributed by atoms with E-state index in [9.17, 15) is 0 Å². The third-order valence-electron chi connectivity index (χ3n) is 6.56. The van der Waals surface area contributed by atoms with Crippen molar-refractivity contribution in [3.63, 3.8) is 0 Å². The average molecular weight is 584 g/mol. The van der Waals surface area contributed by atoms with Crippen LogP contribution in [0.15, 0.2) is 72.8 Å². The molecule has 0 nitrogen and oxygen atoms in total. The van der Waals surface area contributed by atoms with Crippen molar-refractivity contribution < 1.29 is 20.8 Å². The molecule has 0 radical (unpaired) electrons. The number of halogens is 2. The number of hydrogen-bond donors (Lipinski definition) is 0. The Kier molecular flexibility index (Phi) is 9.59. The van der Waals surface area contributed by atoms with Gasteiger partial charge in [-0.1, -0.05) is 121 Å². The van der Waals surface area contributed by atoms with Gasteiger partial charge >= 0.3 is 37.9 Å². The van der Waals surface area contributed by atoms with Crippen LogP contribution in [0.3, 0.4) is 0 Å². The van der Waals surface area contributed by atoms with Crippen LogP contribution in [0.4, 0.5) is 0 Å². The maximum atomic E-state index is 4.93. The van der Waals surface area contributed by atoms with E-state index in [4.69, 9.17) is 17.0 Å². The third kappa shape index (κ3) is 6.94. The van der Waals surface area contributed by atoms with Crippen LogP contribution in [0.5, 0.6) is 0 Å². The molecule has 0 aromatic heterocycles. The first-order chi connectivity index (χ1) is 16.5. The summed E-state index contributed by atoms with van der Waals surface area (Å²) >= 11 is -0.826. The Labute approximate surface area is 231 Å². The van der Waals surface area contributed by atoms with Crippen molar-refractivity contribution in [1.82, 2.24) is 0 Å². The number of rotatable bonds is 4. The van der Waals surface area contributed by atoms with Gasteiger partial charge in [-0.25, -0.2) is 0 Å². The molecule has 3 heteroatoms. The zero-order valence-electron chi connectivity index (χ0n) is 22.1. The molecule has 4 aromatic carbocycles. The molecular weight excluding hydrogens is 546 g/mol. The monoisotopic (exact) mass is 581 g/mol. The van der Waals surface area contributed by atoms with Crippen LogP contribution in [0.2, 0.25) is 0 Å². The van der Waals surface area contributed by atoms with Crippen molar-refractivity contribution in [3.05, 3.63) is 89.5 Å². The van der Waals surface area contributed by atoms with Crippen LogP contribution < -0.4 is 0 Å². The fourth-order valence-corrected chi connectivity index (χ4v) is 4.58. The van der Waals surface area contributed by atoms with Gasteiger partial charge in [-0.3, -0.25) is 0 Å². The van der Waals surface area contributed by atoms with Gasteiger partial charge < -0.3 is 0 Å². The molecule has 184 valence electrons. The van der Waals surface area contributed by atoms with E-state index in [1.807, 2.05) is 0 Å². The van der Waals surface area contributed by atoms with E-state index < -0.39 is 20.8 Å². The summed E-state index contributed by atoms with van der Waals surface area (Å²) in [5, 5.41) is 2.71. The van der Waals surface area contributed by atoms with Crippen LogP contribution >= 0.6 is 17.0 Å². The van der Waals surface area contributed by atoms with E-state index in [1.54, 1.807) is 0 Å². The predicted octanol–water partition coefficient (Wildman–Crippen LogP) is 10.8. The first kappa shape index (κ1) is 28.3. The quantitative estimate of drug-likeness (QED) is 0.210. The predicted molar refractivity (Wildman–Crippen MR) is 154 cm³/mol. The zero-order chi connectivity index (χ0) is 25.8. The van der Waals surface area contributed by atoms with Gasteiger partial charge in [-0.05, 0) is 39.5 Å². The molecular formula is C32H37Cl2Zr-. The zero-order valence-corrected chi connectivity index (χ0v) is 26.1. The van der Waals surface area contributed by atoms with Gasteiger partial charge in [0.15, 0.2) is 0 Å². The summed E-state index contributed by atoms with van der Waals surface area (Å²) in [5.41, 5.74) is 9.86. The van der Waals surface area contributed by atoms with Gasteiger partial charge in [-0.2, -0.15) is 0 Å². The molecule has 0 aliphatic heterocycles. The van der Waals surface area contributed by atoms with Gasteiger partial charge in [0.25, 0.3) is 0 Å². The molecule has 0 bridgehead atoms. The van der Waals surface area contributed by atoms with E-state index in [0.717, 1.165) is 12.8 Å². The topological polar surface area (TPSA) is 0 Å². The average Bonchev–Trinajstić information content (AvgIpc) is 3.23. The summed E-state index contributed by atoms with van der Waals surface area (Å²) in [6, 6.07) is 27.5. The summed E-state index contributed by atoms with van der Waals surface area (Å²) in [6.07, 6.45) is 2.25. The fourth-order valence-electron chi connectivity index (χ4n) is 4.58. The normalized spacial score (nSPS) is 11.8. The fraction of sp³-hybridized carbons (Fsp3) is 0.344. The molecule has 4 rings (SSSR count). The molecule has 0 unspecified atom stereocenters. The van der Waals surface area contributed by atoms with Crippen LogP contribution in [0.1, 0.15) is 71.6 Å². The minimum absolute atomic E-state index is 0.107. The molecule has 0 spiro atoms. The molecule has 0 aliphatic rings. The molecule has 0 heterocycles. The Morgan fingerprint density at radius 2 is 1.31 bits per heavy atom. The Balaban J connectivity index is 0.00000108. The van der Waals surface area contributed by atoms with Crippen LogP contribution in [0, 0.1) is 0 Å². The second-order valence-corrected chi connectivity index (χ2v) is 15.1. The van der Waals surface area contributed by atoms with E-state index >= 15 is 0 Å². The first-order valence-electron chi connectivity index (χ1n) is 12.4. The third-order valence-corrected chi connectivity index (χ3v) is 6.56. The number of benzene rings is 3. The molecule has 0 atom stereocenters. The van der Waals surface area contributed by atoms with E-state index in [-0.39, 0.29) is 10.8 Å². The van der Waals surface area contributed by atoms with Crippen LogP contribution in [-0.2, 0) is 38.1 Å². The number of aryl methyl sites for hydroxylation is 1. The maximum absolute atomic E-state index is 4.93. The van der Waals surface area contributed by atoms with Gasteiger partial charge in [0.1, 0.15) is 0 Å². The van der Waals surface area contributed by atoms with E-state index in [1.165, 1.54) is 49.7 Å². The second kappa shape index (κ2) is 11.9. The van der Waals surface area contributed by atoms with E-state index in [2.05, 4.69) is 121 Å². The Morgan fingerprint density at radius 3 is 1.83 bits per heavy atom. The van der Waals surface area contributed by atoms with Gasteiger partial charge in [-0.15, -0.1) is 34.5 Å². The van der Waals surface area contributed by atoms with Crippen molar-refractivity contribution >= 4 is 27.8 Å². The van der Waals surface area contributed by atoms with Crippen molar-refractivity contribution in [2.75, 3.05) is 0 Å². The molecule has 0 saturated carbocycles. The number of hydrogen-bond acceptors (Lipinski definition) is 0. The second-order valence-electron chi connectivity index (χ2n) is 11.3. The summed E-state index contributed by atoms with van der Waals surface area (Å²) in [7, 11) is 9.87. The Morgan fingerprint density at radius 1 is 0.743 bits per heavy atom. The van der Waals surface area contributed by atoms with Crippen molar-refractivity contribution in [1.29, 1.82) is 0 Å². The van der Waals surface area contributed by atoms with Crippen LogP contribution in [0.25, 0.3) is 33.0 Å². The summed E-state index contributed by atoms with van der Waals surface area (Å²) in [5.74, 6) is 0. The SMILES string of the molecule is CCCc1ccc2[cH-]c(-c3ccccc3)cc2c1-c1cc(C(C)(C)C)cc(C(C)(C)C)c1.[Cl][Zr][Cl]. The van der Waals surface area contributed by atoms with Crippen molar-refractivity contribution in [2.45, 2.75) is 72.1 Å². The Bertz CT molecular complexity index is 1220. The molecule has 0 fully saturated rings. The van der Waals surface area contributed by atoms with Gasteiger partial charge in [0.2, 0.25) is 0 Å². The van der Waals surface area contributed by atoms with Crippen molar-refractivity contribution in [2.24, 2.45) is 0 Å². The summed E-state index contributed by atoms with van der Waals surface area (Å²) < 4.78 is 0. The molecule has 0 N–H and O–H groups in total. The van der Waals surface area contributed by atoms with Crippen molar-refractivity contribution in [3.8, 4) is 22.3 Å². The molecule has 0 aliphatic carbocycles. The van der Waals surface area contributed by atoms with Gasteiger partial charge in [0, 0.05) is 0 Å². The minimum atomic E-state index is -0.826. The Hall–Kier alpha value is -1.27. The standard InChI is InChI=1S/C32H37.2ClH.Zr/c1-8-12-23-15-16-24-17-25(22-13-10-9-11-14-22)20-29(24)30(23)26-18-27(31(2,3)4)21-28(19-26)32(5,6)7;;;/h9-11,13-21H,8,12H2,1-7H3;2*1H;/q-1;;;+2/p-2. The van der Waals surface area contributed by atoms with E-state index in [0.29, 0.717) is 0 Å². The van der Waals surface area contributed by atoms with Crippen LogP contribution in [-0.4, -0.2) is 0 Å². The molecule has 0 saturated heterocycles. The summed E-state index contributed by atoms with van der Waals surface area (Å²) in [6.45, 7) is 16.2.